The molecule has 0 bridgehead atoms. The predicted octanol–water partition coefficient (Wildman–Crippen LogP) is 5.17. The van der Waals surface area contributed by atoms with Crippen LogP contribution in [0.4, 0.5) is 5.69 Å². The highest BCUT2D eigenvalue weighted by atomic mass is 16.2. The summed E-state index contributed by atoms with van der Waals surface area (Å²) in [6.45, 7) is 13.3. The molecule has 152 valence electrons. The number of unbranched alkanes of at least 4 members (excludes halogenated alkanes) is 2. The minimum Gasteiger partial charge on any atom is -0.368 e. The van der Waals surface area contributed by atoms with Gasteiger partial charge in [0.25, 0.3) is 0 Å². The predicted molar refractivity (Wildman–Crippen MR) is 115 cm³/mol. The minimum absolute atomic E-state index is 0.0909. The lowest BCUT2D eigenvalue weighted by Crippen LogP contribution is -2.48. The lowest BCUT2D eigenvalue weighted by atomic mass is 10.0. The Labute approximate surface area is 165 Å². The summed E-state index contributed by atoms with van der Waals surface area (Å²) in [7, 11) is 0. The van der Waals surface area contributed by atoms with Gasteiger partial charge in [-0.05, 0) is 31.4 Å². The molecule has 4 heteroatoms. The first-order valence-electron chi connectivity index (χ1n) is 10.6. The third-order valence-electron chi connectivity index (χ3n) is 4.92. The summed E-state index contributed by atoms with van der Waals surface area (Å²) < 4.78 is 0. The van der Waals surface area contributed by atoms with Crippen molar-refractivity contribution in [2.75, 3.05) is 31.1 Å². The molecule has 0 spiro atoms. The first-order chi connectivity index (χ1) is 13.0. The van der Waals surface area contributed by atoms with E-state index in [9.17, 15) is 9.59 Å². The maximum atomic E-state index is 12.3. The molecule has 1 aliphatic heterocycles. The first kappa shape index (κ1) is 23.2. The zero-order chi connectivity index (χ0) is 20.2. The van der Waals surface area contributed by atoms with Gasteiger partial charge in [0.1, 0.15) is 0 Å². The summed E-state index contributed by atoms with van der Waals surface area (Å²) in [4.78, 5) is 28.1. The molecule has 1 saturated heterocycles. The van der Waals surface area contributed by atoms with E-state index in [4.69, 9.17) is 0 Å². The Hall–Kier alpha value is -1.84. The first-order valence-corrected chi connectivity index (χ1v) is 10.6. The Morgan fingerprint density at radius 2 is 1.67 bits per heavy atom. The van der Waals surface area contributed by atoms with Crippen LogP contribution in [0.2, 0.25) is 0 Å². The van der Waals surface area contributed by atoms with Gasteiger partial charge in [-0.25, -0.2) is 0 Å². The molecule has 2 rings (SSSR count). The van der Waals surface area contributed by atoms with Gasteiger partial charge in [0.15, 0.2) is 5.78 Å². The van der Waals surface area contributed by atoms with Crippen molar-refractivity contribution in [3.63, 3.8) is 0 Å². The fraction of sp³-hybridized carbons (Fsp3) is 0.652. The number of piperazine rings is 1. The lowest BCUT2D eigenvalue weighted by molar-refractivity contribution is -0.131. The topological polar surface area (TPSA) is 40.6 Å². The van der Waals surface area contributed by atoms with Gasteiger partial charge in [0.05, 0.1) is 0 Å². The zero-order valence-corrected chi connectivity index (χ0v) is 18.0. The quantitative estimate of drug-likeness (QED) is 0.465. The van der Waals surface area contributed by atoms with E-state index in [0.29, 0.717) is 12.3 Å². The maximum absolute atomic E-state index is 12.3. The van der Waals surface area contributed by atoms with Crippen molar-refractivity contribution >= 4 is 17.4 Å². The molecule has 0 aromatic heterocycles. The Bertz CT molecular complexity index is 575. The average Bonchev–Trinajstić information content (AvgIpc) is 2.69. The Balaban J connectivity index is 0.00000176. The number of nitrogens with zero attached hydrogens (tertiary/aromatic N) is 2. The summed E-state index contributed by atoms with van der Waals surface area (Å²) in [6.07, 6.45) is 5.32. The number of carbonyl (C=O) groups excluding carboxylic acids is 2. The van der Waals surface area contributed by atoms with Crippen molar-refractivity contribution in [3.8, 4) is 0 Å². The second-order valence-corrected chi connectivity index (χ2v) is 7.47. The second-order valence-electron chi connectivity index (χ2n) is 7.47. The molecule has 1 aromatic rings. The largest absolute Gasteiger partial charge is 0.368 e. The van der Waals surface area contributed by atoms with E-state index >= 15 is 0 Å². The molecule has 4 nitrogen and oxygen atoms in total. The number of hydrogen-bond acceptors (Lipinski definition) is 3. The third-order valence-corrected chi connectivity index (χ3v) is 4.92. The summed E-state index contributed by atoms with van der Waals surface area (Å²) >= 11 is 0. The molecule has 0 radical (unpaired) electrons. The summed E-state index contributed by atoms with van der Waals surface area (Å²) in [5, 5.41) is 0. The normalized spacial score (nSPS) is 14.0. The van der Waals surface area contributed by atoms with Crippen LogP contribution < -0.4 is 4.90 Å². The molecule has 1 amide bonds. The number of Topliss-reactive ketones (excluding diaryl/α,β-unsaturated/α-hetero) is 1. The van der Waals surface area contributed by atoms with E-state index in [2.05, 4.69) is 18.7 Å². The lowest BCUT2D eigenvalue weighted by Gasteiger charge is -2.36. The Morgan fingerprint density at radius 1 is 1.00 bits per heavy atom. The van der Waals surface area contributed by atoms with Crippen molar-refractivity contribution in [3.05, 3.63) is 29.8 Å². The fourth-order valence-electron chi connectivity index (χ4n) is 3.30. The van der Waals surface area contributed by atoms with E-state index in [1.807, 2.05) is 43.0 Å². The number of ketones is 1. The minimum atomic E-state index is 0.0909. The van der Waals surface area contributed by atoms with E-state index < -0.39 is 0 Å². The number of rotatable bonds is 8. The van der Waals surface area contributed by atoms with Crippen LogP contribution in [0.3, 0.4) is 0 Å². The Morgan fingerprint density at radius 3 is 2.26 bits per heavy atom. The molecule has 1 aliphatic rings. The number of anilines is 1. The van der Waals surface area contributed by atoms with Crippen LogP contribution in [0.25, 0.3) is 0 Å². The Kier molecular flexibility index (Phi) is 10.8. The van der Waals surface area contributed by atoms with Crippen molar-refractivity contribution in [1.82, 2.24) is 4.90 Å². The molecular weight excluding hydrogens is 336 g/mol. The van der Waals surface area contributed by atoms with Gasteiger partial charge < -0.3 is 9.80 Å². The van der Waals surface area contributed by atoms with Crippen molar-refractivity contribution in [1.29, 1.82) is 0 Å². The van der Waals surface area contributed by atoms with E-state index in [-0.39, 0.29) is 5.78 Å². The highest BCUT2D eigenvalue weighted by Crippen LogP contribution is 2.19. The van der Waals surface area contributed by atoms with Gasteiger partial charge in [-0.1, -0.05) is 59.1 Å². The standard InChI is InChI=1S/C21H32N2O2.C2H6/c1-17(2)8-5-4-6-11-21(25)23-14-12-22(13-15-23)20-10-7-9-19(16-20)18(3)24;1-2/h7,9-10,16-17H,4-6,8,11-15H2,1-3H3;1-2H3. The number of carbonyl (C=O) groups is 2. The van der Waals surface area contributed by atoms with Gasteiger partial charge >= 0.3 is 0 Å². The van der Waals surface area contributed by atoms with E-state index in [0.717, 1.165) is 56.2 Å². The third kappa shape index (κ3) is 8.15. The molecule has 1 heterocycles. The molecule has 0 N–H and O–H groups in total. The monoisotopic (exact) mass is 374 g/mol. The molecule has 1 aromatic carbocycles. The van der Waals surface area contributed by atoms with Gasteiger partial charge in [0.2, 0.25) is 5.91 Å². The SMILES string of the molecule is CC.CC(=O)c1cccc(N2CCN(C(=O)CCCCCC(C)C)CC2)c1. The summed E-state index contributed by atoms with van der Waals surface area (Å²) in [5.41, 5.74) is 1.82. The highest BCUT2D eigenvalue weighted by molar-refractivity contribution is 5.95. The number of amides is 1. The van der Waals surface area contributed by atoms with Gasteiger partial charge in [-0.15, -0.1) is 0 Å². The fourth-order valence-corrected chi connectivity index (χ4v) is 3.30. The van der Waals surface area contributed by atoms with Crippen LogP contribution in [0.15, 0.2) is 24.3 Å². The smallest absolute Gasteiger partial charge is 0.222 e. The van der Waals surface area contributed by atoms with Crippen LogP contribution in [0.1, 0.15) is 77.1 Å². The molecule has 1 fully saturated rings. The maximum Gasteiger partial charge on any atom is 0.222 e. The second kappa shape index (κ2) is 12.5. The van der Waals surface area contributed by atoms with Crippen LogP contribution >= 0.6 is 0 Å². The van der Waals surface area contributed by atoms with Gasteiger partial charge in [-0.2, -0.15) is 0 Å². The van der Waals surface area contributed by atoms with Crippen LogP contribution in [0, 0.1) is 5.92 Å². The molecule has 27 heavy (non-hydrogen) atoms. The van der Waals surface area contributed by atoms with Gasteiger partial charge in [0, 0.05) is 43.9 Å². The highest BCUT2D eigenvalue weighted by Gasteiger charge is 2.21. The van der Waals surface area contributed by atoms with Gasteiger partial charge in [-0.3, -0.25) is 9.59 Å². The zero-order valence-electron chi connectivity index (χ0n) is 18.0. The van der Waals surface area contributed by atoms with Crippen molar-refractivity contribution in [2.45, 2.75) is 66.7 Å². The molecule has 0 atom stereocenters. The molecular formula is C23H38N2O2. The number of benzene rings is 1. The molecule has 0 aliphatic carbocycles. The number of hydrogen-bond donors (Lipinski definition) is 0. The van der Waals surface area contributed by atoms with E-state index in [1.54, 1.807) is 6.92 Å². The van der Waals surface area contributed by atoms with Crippen LogP contribution in [-0.2, 0) is 4.79 Å². The molecule has 0 saturated carbocycles. The summed E-state index contributed by atoms with van der Waals surface area (Å²) in [6, 6.07) is 7.78. The van der Waals surface area contributed by atoms with E-state index in [1.165, 1.54) is 12.8 Å². The van der Waals surface area contributed by atoms with Crippen LogP contribution in [-0.4, -0.2) is 42.8 Å². The average molecular weight is 375 g/mol. The van der Waals surface area contributed by atoms with Crippen molar-refractivity contribution < 1.29 is 9.59 Å². The van der Waals surface area contributed by atoms with Crippen LogP contribution in [0.5, 0.6) is 0 Å². The molecule has 0 unspecified atom stereocenters. The van der Waals surface area contributed by atoms with Crippen molar-refractivity contribution in [2.24, 2.45) is 5.92 Å². The summed E-state index contributed by atoms with van der Waals surface area (Å²) in [5.74, 6) is 1.14.